The van der Waals surface area contributed by atoms with Gasteiger partial charge < -0.3 is 15.3 Å². The predicted octanol–water partition coefficient (Wildman–Crippen LogP) is -1.18. The third kappa shape index (κ3) is 1.38. The van der Waals surface area contributed by atoms with Crippen LogP contribution in [-0.4, -0.2) is 45.1 Å². The van der Waals surface area contributed by atoms with Crippen LogP contribution in [0.2, 0.25) is 0 Å². The van der Waals surface area contributed by atoms with Crippen molar-refractivity contribution in [2.24, 2.45) is 0 Å². The molecule has 1 fully saturated rings. The molecule has 0 aromatic rings. The Morgan fingerprint density at radius 1 is 1.44 bits per heavy atom. The summed E-state index contributed by atoms with van der Waals surface area (Å²) in [6.45, 7) is -0.0527. The summed E-state index contributed by atoms with van der Waals surface area (Å²) in [5, 5.41) is 26.3. The molecule has 0 aromatic heterocycles. The lowest BCUT2D eigenvalue weighted by molar-refractivity contribution is 0.0326. The normalized spacial score (nSPS) is 43.7. The fourth-order valence-electron chi connectivity index (χ4n) is 0.828. The van der Waals surface area contributed by atoms with Crippen LogP contribution in [0.25, 0.3) is 0 Å². The molecule has 1 heterocycles. The number of hydrogen-bond donors (Lipinski definition) is 3. The molecule has 1 aliphatic heterocycles. The Balaban J connectivity index is 2.41. The lowest BCUT2D eigenvalue weighted by atomic mass is 10.2. The molecule has 1 saturated heterocycles. The lowest BCUT2D eigenvalue weighted by Gasteiger charge is -2.11. The molecule has 0 spiro atoms. The van der Waals surface area contributed by atoms with Crippen LogP contribution in [0.1, 0.15) is 0 Å². The van der Waals surface area contributed by atoms with Gasteiger partial charge in [-0.3, -0.25) is 0 Å². The molecule has 1 aliphatic rings. The van der Waals surface area contributed by atoms with Crippen LogP contribution in [0.5, 0.6) is 0 Å². The van der Waals surface area contributed by atoms with Gasteiger partial charge in [-0.1, -0.05) is 0 Å². The number of hydrogen-bond acceptors (Lipinski definition) is 4. The summed E-state index contributed by atoms with van der Waals surface area (Å²) in [4.78, 5) is 0. The monoisotopic (exact) mass is 150 g/mol. The molecule has 54 valence electrons. The van der Waals surface area contributed by atoms with E-state index in [1.165, 1.54) is 11.8 Å². The quantitative estimate of drug-likeness (QED) is 0.440. The summed E-state index contributed by atoms with van der Waals surface area (Å²) in [7, 11) is 0. The van der Waals surface area contributed by atoms with Gasteiger partial charge in [-0.15, -0.1) is 0 Å². The summed E-state index contributed by atoms with van der Waals surface area (Å²) < 4.78 is 0. The highest BCUT2D eigenvalue weighted by atomic mass is 32.2. The molecule has 4 heteroatoms. The van der Waals surface area contributed by atoms with Crippen molar-refractivity contribution in [2.75, 3.05) is 12.4 Å². The topological polar surface area (TPSA) is 60.7 Å². The lowest BCUT2D eigenvalue weighted by Crippen LogP contribution is -2.30. The van der Waals surface area contributed by atoms with Crippen LogP contribution in [0.15, 0.2) is 0 Å². The first-order chi connectivity index (χ1) is 4.25. The van der Waals surface area contributed by atoms with Crippen LogP contribution >= 0.6 is 11.8 Å². The van der Waals surface area contributed by atoms with Crippen LogP contribution in [0, 0.1) is 0 Å². The fraction of sp³-hybridized carbons (Fsp3) is 1.00. The largest absolute Gasteiger partial charge is 0.395 e. The van der Waals surface area contributed by atoms with Crippen molar-refractivity contribution in [2.45, 2.75) is 17.5 Å². The average molecular weight is 150 g/mol. The molecule has 0 saturated carbocycles. The Hall–Kier alpha value is 0.230. The number of rotatable bonds is 1. The summed E-state index contributed by atoms with van der Waals surface area (Å²) in [6, 6.07) is 0. The van der Waals surface area contributed by atoms with E-state index in [0.717, 1.165) is 0 Å². The van der Waals surface area contributed by atoms with E-state index < -0.39 is 12.2 Å². The molecule has 3 N–H and O–H groups in total. The van der Waals surface area contributed by atoms with E-state index >= 15 is 0 Å². The van der Waals surface area contributed by atoms with E-state index in [9.17, 15) is 0 Å². The second-order valence-corrected chi connectivity index (χ2v) is 3.38. The minimum Gasteiger partial charge on any atom is -0.395 e. The maximum absolute atomic E-state index is 9.03. The Kier molecular flexibility index (Phi) is 2.35. The highest BCUT2D eigenvalue weighted by molar-refractivity contribution is 8.00. The average Bonchev–Trinajstić information content (AvgIpc) is 2.15. The van der Waals surface area contributed by atoms with Gasteiger partial charge in [0, 0.05) is 5.75 Å². The molecular weight excluding hydrogens is 140 g/mol. The number of aliphatic hydroxyl groups is 3. The molecule has 1 rings (SSSR count). The molecule has 3 atom stereocenters. The van der Waals surface area contributed by atoms with Gasteiger partial charge >= 0.3 is 0 Å². The Morgan fingerprint density at radius 3 is 2.33 bits per heavy atom. The predicted molar refractivity (Wildman–Crippen MR) is 35.3 cm³/mol. The van der Waals surface area contributed by atoms with Crippen molar-refractivity contribution in [1.82, 2.24) is 0 Å². The summed E-state index contributed by atoms with van der Waals surface area (Å²) >= 11 is 1.41. The van der Waals surface area contributed by atoms with Crippen LogP contribution in [0.4, 0.5) is 0 Å². The number of aliphatic hydroxyl groups excluding tert-OH is 3. The standard InChI is InChI=1S/C5H10O3S/c6-1-4-5(8)3(7)2-9-4/h3-8H,1-2H2/t3-,4-,5-/m0/s1. The summed E-state index contributed by atoms with van der Waals surface area (Å²) in [5.41, 5.74) is 0. The van der Waals surface area contributed by atoms with E-state index in [1.807, 2.05) is 0 Å². The molecule has 0 aromatic carbocycles. The van der Waals surface area contributed by atoms with Gasteiger partial charge in [0.1, 0.15) is 0 Å². The van der Waals surface area contributed by atoms with Crippen molar-refractivity contribution in [3.05, 3.63) is 0 Å². The highest BCUT2D eigenvalue weighted by Gasteiger charge is 2.33. The van der Waals surface area contributed by atoms with Crippen molar-refractivity contribution in [3.8, 4) is 0 Å². The second-order valence-electron chi connectivity index (χ2n) is 2.11. The van der Waals surface area contributed by atoms with Crippen molar-refractivity contribution < 1.29 is 15.3 Å². The molecule has 3 nitrogen and oxygen atoms in total. The zero-order chi connectivity index (χ0) is 6.85. The third-order valence-corrected chi connectivity index (χ3v) is 2.83. The van der Waals surface area contributed by atoms with Crippen molar-refractivity contribution in [3.63, 3.8) is 0 Å². The fourth-order valence-corrected chi connectivity index (χ4v) is 1.95. The van der Waals surface area contributed by atoms with Crippen LogP contribution < -0.4 is 0 Å². The molecule has 0 bridgehead atoms. The highest BCUT2D eigenvalue weighted by Crippen LogP contribution is 2.26. The molecule has 0 unspecified atom stereocenters. The molecular formula is C5H10O3S. The van der Waals surface area contributed by atoms with Gasteiger partial charge in [0.15, 0.2) is 0 Å². The van der Waals surface area contributed by atoms with E-state index in [2.05, 4.69) is 0 Å². The van der Waals surface area contributed by atoms with Crippen LogP contribution in [-0.2, 0) is 0 Å². The SMILES string of the molecule is OC[C@@H]1SC[C@H](O)[C@@H]1O. The van der Waals surface area contributed by atoms with Gasteiger partial charge in [-0.25, -0.2) is 0 Å². The summed E-state index contributed by atoms with van der Waals surface area (Å²) in [6.07, 6.45) is -1.38. The zero-order valence-corrected chi connectivity index (χ0v) is 5.71. The minimum absolute atomic E-state index is 0.0527. The van der Waals surface area contributed by atoms with Gasteiger partial charge in [0.25, 0.3) is 0 Å². The first kappa shape index (κ1) is 7.34. The van der Waals surface area contributed by atoms with Crippen molar-refractivity contribution >= 4 is 11.8 Å². The maximum atomic E-state index is 9.03. The smallest absolute Gasteiger partial charge is 0.0947 e. The van der Waals surface area contributed by atoms with E-state index in [-0.39, 0.29) is 11.9 Å². The Morgan fingerprint density at radius 2 is 2.11 bits per heavy atom. The van der Waals surface area contributed by atoms with E-state index in [4.69, 9.17) is 15.3 Å². The molecule has 0 amide bonds. The third-order valence-electron chi connectivity index (χ3n) is 1.44. The Labute approximate surface area is 57.7 Å². The van der Waals surface area contributed by atoms with Gasteiger partial charge in [-0.05, 0) is 0 Å². The maximum Gasteiger partial charge on any atom is 0.0947 e. The van der Waals surface area contributed by atoms with E-state index in [0.29, 0.717) is 5.75 Å². The molecule has 0 radical (unpaired) electrons. The Bertz CT molecular complexity index is 98.2. The summed E-state index contributed by atoms with van der Waals surface area (Å²) in [5.74, 6) is 0.534. The molecule has 0 aliphatic carbocycles. The minimum atomic E-state index is -0.736. The van der Waals surface area contributed by atoms with E-state index in [1.54, 1.807) is 0 Å². The zero-order valence-electron chi connectivity index (χ0n) is 4.90. The van der Waals surface area contributed by atoms with Crippen LogP contribution in [0.3, 0.4) is 0 Å². The van der Waals surface area contributed by atoms with Gasteiger partial charge in [-0.2, -0.15) is 11.8 Å². The van der Waals surface area contributed by atoms with Gasteiger partial charge in [0.2, 0.25) is 0 Å². The first-order valence-electron chi connectivity index (χ1n) is 2.84. The first-order valence-corrected chi connectivity index (χ1v) is 3.89. The number of thioether (sulfide) groups is 1. The van der Waals surface area contributed by atoms with Crippen molar-refractivity contribution in [1.29, 1.82) is 0 Å². The molecule has 9 heavy (non-hydrogen) atoms. The second kappa shape index (κ2) is 2.88. The van der Waals surface area contributed by atoms with Gasteiger partial charge in [0.05, 0.1) is 24.1 Å².